The summed E-state index contributed by atoms with van der Waals surface area (Å²) >= 11 is 0. The third kappa shape index (κ3) is 6.71. The predicted molar refractivity (Wildman–Crippen MR) is 371 cm³/mol. The van der Waals surface area contributed by atoms with Crippen molar-refractivity contribution in [3.05, 3.63) is 308 Å². The maximum absolute atomic E-state index is 11.3. The minimum Gasteiger partial charge on any atom is -0.307 e. The standard InChI is InChI=1S/C82H48N8/c1-84-53-48-51(50-83)47-52(49-53)75-78(86-65-37-15-5-27-55(65)56-28-6-16-38-66(56)86)80(88-69-41-19-9-31-59(69)60-32-10-20-42-70(60)88)82(90-74-46-24-14-36-64(74)76-77(90)63-35-13-23-45-73(63)85(76)54-25-3-2-4-26-54)81(89-71-43-21-11-33-61(71)62-34-12-22-44-72(62)89)79(75)87-67-39-17-7-29-57(67)58-30-8-18-40-68(58)87/h2-49H. The Hall–Kier alpha value is -12.6. The van der Waals surface area contributed by atoms with Gasteiger partial charge < -0.3 is 27.4 Å². The first-order chi connectivity index (χ1) is 44.7. The second-order valence-corrected chi connectivity index (χ2v) is 23.3. The molecule has 6 aromatic heterocycles. The summed E-state index contributed by atoms with van der Waals surface area (Å²) in [5.41, 5.74) is 20.0. The van der Waals surface area contributed by atoms with Crippen LogP contribution < -0.4 is 0 Å². The molecule has 0 fully saturated rings. The number of para-hydroxylation sites is 11. The van der Waals surface area contributed by atoms with E-state index >= 15 is 0 Å². The van der Waals surface area contributed by atoms with E-state index in [4.69, 9.17) is 6.57 Å². The molecule has 8 nitrogen and oxygen atoms in total. The molecule has 0 aliphatic heterocycles. The second kappa shape index (κ2) is 18.9. The number of hydrogen-bond donors (Lipinski definition) is 0. The van der Waals surface area contributed by atoms with Gasteiger partial charge >= 0.3 is 0 Å². The summed E-state index contributed by atoms with van der Waals surface area (Å²) in [6.07, 6.45) is 0. The SMILES string of the molecule is [C-]#[N+]c1cc(C#N)cc(-c2c(-n3c4ccccc4c4ccccc43)c(-n3c4ccccc4c4ccccc43)c(-n3c4ccccc4c4c3c3ccccc3n4-c3ccccc3)c(-n3c4ccccc4c4ccccc43)c2-n2c3ccccc3c3ccccc32)c1. The molecule has 0 amide bonds. The Balaban J connectivity index is 1.24. The van der Waals surface area contributed by atoms with E-state index < -0.39 is 0 Å². The van der Waals surface area contributed by atoms with Crippen molar-refractivity contribution in [1.82, 2.24) is 27.4 Å². The fraction of sp³-hybridized carbons (Fsp3) is 0. The van der Waals surface area contributed by atoms with E-state index in [0.29, 0.717) is 16.8 Å². The number of nitrogens with zero attached hydrogens (tertiary/aromatic N) is 8. The lowest BCUT2D eigenvalue weighted by Gasteiger charge is -2.32. The van der Waals surface area contributed by atoms with Gasteiger partial charge in [0.05, 0.1) is 107 Å². The van der Waals surface area contributed by atoms with Gasteiger partial charge in [-0.2, -0.15) is 5.26 Å². The van der Waals surface area contributed by atoms with Gasteiger partial charge in [0, 0.05) is 70.7 Å². The summed E-state index contributed by atoms with van der Waals surface area (Å²) in [6, 6.07) is 107. The molecular weight excluding hydrogens is 1100 g/mol. The van der Waals surface area contributed by atoms with E-state index in [1.807, 2.05) is 12.1 Å². The summed E-state index contributed by atoms with van der Waals surface area (Å²) in [4.78, 5) is 4.21. The minimum absolute atomic E-state index is 0.359. The van der Waals surface area contributed by atoms with Gasteiger partial charge in [0.2, 0.25) is 0 Å². The first kappa shape index (κ1) is 49.6. The maximum atomic E-state index is 11.3. The van der Waals surface area contributed by atoms with E-state index in [0.717, 1.165) is 160 Å². The Labute approximate surface area is 515 Å². The first-order valence-electron chi connectivity index (χ1n) is 30.4. The molecule has 0 saturated heterocycles. The first-order valence-corrected chi connectivity index (χ1v) is 30.4. The van der Waals surface area contributed by atoms with E-state index in [1.165, 1.54) is 0 Å². The number of rotatable bonds is 7. The quantitative estimate of drug-likeness (QED) is 0.147. The van der Waals surface area contributed by atoms with Crippen molar-refractivity contribution in [2.75, 3.05) is 0 Å². The fourth-order valence-corrected chi connectivity index (χ4v) is 15.3. The molecule has 0 radical (unpaired) electrons. The van der Waals surface area contributed by atoms with Crippen molar-refractivity contribution in [1.29, 1.82) is 5.26 Å². The molecule has 8 heteroatoms. The fourth-order valence-electron chi connectivity index (χ4n) is 15.3. The summed E-state index contributed by atoms with van der Waals surface area (Å²) < 4.78 is 15.1. The molecule has 0 unspecified atom stereocenters. The van der Waals surface area contributed by atoms with Crippen LogP contribution in [-0.2, 0) is 0 Å². The van der Waals surface area contributed by atoms with Gasteiger partial charge in [-0.25, -0.2) is 4.85 Å². The highest BCUT2D eigenvalue weighted by atomic mass is 15.2. The van der Waals surface area contributed by atoms with Gasteiger partial charge in [-0.15, -0.1) is 0 Å². The highest BCUT2D eigenvalue weighted by Gasteiger charge is 2.38. The topological polar surface area (TPSA) is 57.7 Å². The van der Waals surface area contributed by atoms with Gasteiger partial charge in [-0.1, -0.05) is 200 Å². The summed E-state index contributed by atoms with van der Waals surface area (Å²) in [7, 11) is 0. The molecule has 0 N–H and O–H groups in total. The van der Waals surface area contributed by atoms with Gasteiger partial charge in [0.1, 0.15) is 0 Å². The highest BCUT2D eigenvalue weighted by Crippen LogP contribution is 2.55. The Morgan fingerprint density at radius 1 is 0.267 bits per heavy atom. The second-order valence-electron chi connectivity index (χ2n) is 23.3. The van der Waals surface area contributed by atoms with E-state index in [1.54, 1.807) is 6.07 Å². The van der Waals surface area contributed by atoms with Crippen LogP contribution in [0.5, 0.6) is 0 Å². The molecule has 0 atom stereocenters. The van der Waals surface area contributed by atoms with Crippen molar-refractivity contribution in [3.63, 3.8) is 0 Å². The van der Waals surface area contributed by atoms with Crippen LogP contribution in [0.2, 0.25) is 0 Å². The number of hydrogen-bond acceptors (Lipinski definition) is 1. The van der Waals surface area contributed by atoms with Crippen LogP contribution >= 0.6 is 0 Å². The van der Waals surface area contributed by atoms with Crippen molar-refractivity contribution < 1.29 is 0 Å². The third-order valence-corrected chi connectivity index (χ3v) is 18.8. The third-order valence-electron chi connectivity index (χ3n) is 18.8. The molecule has 0 bridgehead atoms. The molecule has 0 spiro atoms. The Morgan fingerprint density at radius 2 is 0.533 bits per heavy atom. The lowest BCUT2D eigenvalue weighted by atomic mass is 9.93. The highest BCUT2D eigenvalue weighted by molar-refractivity contribution is 6.23. The summed E-state index contributed by atoms with van der Waals surface area (Å²) in [5.74, 6) is 0. The Morgan fingerprint density at radius 3 is 0.867 bits per heavy atom. The molecule has 0 saturated carbocycles. The Bertz CT molecular complexity index is 5870. The number of fused-ring (bicyclic) bond motifs is 17. The zero-order chi connectivity index (χ0) is 59.3. The monoisotopic (exact) mass is 1140 g/mol. The van der Waals surface area contributed by atoms with Gasteiger partial charge in [-0.3, -0.25) is 0 Å². The summed E-state index contributed by atoms with van der Waals surface area (Å²) in [5, 5.41) is 22.3. The lowest BCUT2D eigenvalue weighted by molar-refractivity contribution is 1.00. The molecule has 0 aliphatic carbocycles. The number of nitriles is 1. The van der Waals surface area contributed by atoms with E-state index in [2.05, 4.69) is 311 Å². The van der Waals surface area contributed by atoms with Crippen molar-refractivity contribution in [2.24, 2.45) is 0 Å². The van der Waals surface area contributed by atoms with Crippen LogP contribution in [0.3, 0.4) is 0 Å². The van der Waals surface area contributed by atoms with Gasteiger partial charge in [0.15, 0.2) is 5.69 Å². The van der Waals surface area contributed by atoms with Crippen molar-refractivity contribution in [2.45, 2.75) is 0 Å². The van der Waals surface area contributed by atoms with Crippen molar-refractivity contribution >= 4 is 126 Å². The molecule has 6 heterocycles. The summed E-state index contributed by atoms with van der Waals surface area (Å²) in [6.45, 7) is 8.87. The molecule has 19 aromatic rings. The molecule has 13 aromatic carbocycles. The molecule has 19 rings (SSSR count). The molecule has 90 heavy (non-hydrogen) atoms. The van der Waals surface area contributed by atoms with Crippen LogP contribution in [-0.4, -0.2) is 27.4 Å². The molecule has 416 valence electrons. The van der Waals surface area contributed by atoms with Crippen LogP contribution in [0.4, 0.5) is 5.69 Å². The average Bonchev–Trinajstić information content (AvgIpc) is 1.45. The van der Waals surface area contributed by atoms with Gasteiger partial charge in [-0.05, 0) is 96.6 Å². The zero-order valence-corrected chi connectivity index (χ0v) is 48.3. The average molecular weight is 1150 g/mol. The lowest BCUT2D eigenvalue weighted by Crippen LogP contribution is -2.18. The maximum Gasteiger partial charge on any atom is 0.189 e. The molecular formula is C82H48N8. The number of aromatic nitrogens is 6. The molecule has 0 aliphatic rings. The van der Waals surface area contributed by atoms with Crippen LogP contribution in [0.25, 0.3) is 170 Å². The van der Waals surface area contributed by atoms with E-state index in [-0.39, 0.29) is 0 Å². The predicted octanol–water partition coefficient (Wildman–Crippen LogP) is 21.2. The van der Waals surface area contributed by atoms with Crippen molar-refractivity contribution in [3.8, 4) is 51.3 Å². The number of benzene rings is 13. The van der Waals surface area contributed by atoms with Gasteiger partial charge in [0.25, 0.3) is 0 Å². The van der Waals surface area contributed by atoms with Crippen LogP contribution in [0.15, 0.2) is 291 Å². The minimum atomic E-state index is 0.359. The van der Waals surface area contributed by atoms with E-state index in [9.17, 15) is 5.26 Å². The smallest absolute Gasteiger partial charge is 0.189 e. The van der Waals surface area contributed by atoms with Crippen LogP contribution in [0, 0.1) is 17.9 Å². The zero-order valence-electron chi connectivity index (χ0n) is 48.3. The van der Waals surface area contributed by atoms with Crippen LogP contribution in [0.1, 0.15) is 5.56 Å². The largest absolute Gasteiger partial charge is 0.307 e. The normalized spacial score (nSPS) is 12.0. The Kier molecular flexibility index (Phi) is 10.4.